The standard InChI is InChI=1S/C11H17N5O3/c1-5-6(10(18)15(2)3)11(19)16(4)8(9(12)17)7(5)14-13/h8H,13H2,1-4H3,(H2,12,17). The van der Waals surface area contributed by atoms with Crippen LogP contribution in [-0.2, 0) is 14.4 Å². The molecule has 1 atom stereocenters. The van der Waals surface area contributed by atoms with Gasteiger partial charge in [0.15, 0.2) is 6.04 Å². The van der Waals surface area contributed by atoms with Gasteiger partial charge in [0, 0.05) is 21.1 Å². The van der Waals surface area contributed by atoms with Gasteiger partial charge in [-0.05, 0) is 12.5 Å². The van der Waals surface area contributed by atoms with E-state index in [0.717, 1.165) is 4.90 Å². The van der Waals surface area contributed by atoms with E-state index in [-0.39, 0.29) is 16.9 Å². The number of primary amides is 1. The molecule has 1 unspecified atom stereocenters. The number of hydrogen-bond donors (Lipinski definition) is 2. The monoisotopic (exact) mass is 267 g/mol. The Morgan fingerprint density at radius 1 is 1.37 bits per heavy atom. The third kappa shape index (κ3) is 2.28. The lowest BCUT2D eigenvalue weighted by molar-refractivity contribution is -0.136. The van der Waals surface area contributed by atoms with Gasteiger partial charge in [-0.25, -0.2) is 0 Å². The van der Waals surface area contributed by atoms with Crippen LogP contribution in [0, 0.1) is 0 Å². The summed E-state index contributed by atoms with van der Waals surface area (Å²) in [4.78, 5) is 37.9. The summed E-state index contributed by atoms with van der Waals surface area (Å²) >= 11 is 0. The molecule has 0 aliphatic carbocycles. The Morgan fingerprint density at radius 3 is 2.26 bits per heavy atom. The molecule has 1 heterocycles. The molecule has 1 aliphatic rings. The Labute approximate surface area is 110 Å². The summed E-state index contributed by atoms with van der Waals surface area (Å²) in [5, 5.41) is 3.50. The van der Waals surface area contributed by atoms with Crippen molar-refractivity contribution in [2.24, 2.45) is 16.7 Å². The highest BCUT2D eigenvalue weighted by Gasteiger charge is 2.41. The van der Waals surface area contributed by atoms with Crippen molar-refractivity contribution in [1.82, 2.24) is 9.80 Å². The Hall–Kier alpha value is -2.38. The van der Waals surface area contributed by atoms with Gasteiger partial charge in [-0.15, -0.1) is 0 Å². The number of hydrogen-bond acceptors (Lipinski definition) is 5. The number of amides is 3. The van der Waals surface area contributed by atoms with Crippen LogP contribution in [-0.4, -0.2) is 60.4 Å². The molecule has 3 amide bonds. The van der Waals surface area contributed by atoms with E-state index in [1.54, 1.807) is 0 Å². The van der Waals surface area contributed by atoms with E-state index in [1.807, 2.05) is 0 Å². The summed E-state index contributed by atoms with van der Waals surface area (Å²) in [6.07, 6.45) is 0. The van der Waals surface area contributed by atoms with Gasteiger partial charge >= 0.3 is 0 Å². The number of likely N-dealkylation sites (N-methyl/N-ethyl adjacent to an activating group) is 2. The molecule has 4 N–H and O–H groups in total. The average molecular weight is 267 g/mol. The van der Waals surface area contributed by atoms with Gasteiger partial charge < -0.3 is 21.4 Å². The zero-order valence-electron chi connectivity index (χ0n) is 11.3. The lowest BCUT2D eigenvalue weighted by Crippen LogP contribution is -2.56. The molecule has 0 aromatic carbocycles. The Bertz CT molecular complexity index is 506. The summed E-state index contributed by atoms with van der Waals surface area (Å²) in [5.41, 5.74) is 5.58. The van der Waals surface area contributed by atoms with Crippen molar-refractivity contribution in [3.05, 3.63) is 11.1 Å². The third-order valence-electron chi connectivity index (χ3n) is 2.97. The van der Waals surface area contributed by atoms with Crippen molar-refractivity contribution < 1.29 is 14.4 Å². The van der Waals surface area contributed by atoms with Crippen LogP contribution in [0.3, 0.4) is 0 Å². The summed E-state index contributed by atoms with van der Waals surface area (Å²) in [6.45, 7) is 1.52. The predicted molar refractivity (Wildman–Crippen MR) is 68.8 cm³/mol. The maximum Gasteiger partial charge on any atom is 0.260 e. The van der Waals surface area contributed by atoms with Crippen molar-refractivity contribution in [2.45, 2.75) is 13.0 Å². The second-order valence-corrected chi connectivity index (χ2v) is 4.43. The molecule has 1 rings (SSSR count). The van der Waals surface area contributed by atoms with Crippen molar-refractivity contribution in [3.8, 4) is 0 Å². The molecule has 1 aliphatic heterocycles. The van der Waals surface area contributed by atoms with E-state index in [4.69, 9.17) is 11.6 Å². The quantitative estimate of drug-likeness (QED) is 0.342. The highest BCUT2D eigenvalue weighted by Crippen LogP contribution is 2.22. The van der Waals surface area contributed by atoms with E-state index in [1.165, 1.54) is 33.0 Å². The van der Waals surface area contributed by atoms with E-state index in [0.29, 0.717) is 0 Å². The first kappa shape index (κ1) is 14.7. The molecular weight excluding hydrogens is 250 g/mol. The third-order valence-corrected chi connectivity index (χ3v) is 2.97. The van der Waals surface area contributed by atoms with E-state index in [9.17, 15) is 14.4 Å². The van der Waals surface area contributed by atoms with Crippen molar-refractivity contribution in [2.75, 3.05) is 21.1 Å². The summed E-state index contributed by atoms with van der Waals surface area (Å²) in [6, 6.07) is -1.06. The van der Waals surface area contributed by atoms with Gasteiger partial charge in [0.05, 0.1) is 5.71 Å². The smallest absolute Gasteiger partial charge is 0.260 e. The summed E-state index contributed by atoms with van der Waals surface area (Å²) < 4.78 is 0. The second kappa shape index (κ2) is 5.09. The first-order valence-corrected chi connectivity index (χ1v) is 5.51. The Morgan fingerprint density at radius 2 is 1.89 bits per heavy atom. The van der Waals surface area contributed by atoms with E-state index < -0.39 is 23.8 Å². The minimum absolute atomic E-state index is 0.0609. The van der Waals surface area contributed by atoms with Gasteiger partial charge in [-0.1, -0.05) is 0 Å². The van der Waals surface area contributed by atoms with Crippen LogP contribution >= 0.6 is 0 Å². The number of rotatable bonds is 2. The number of carbonyl (C=O) groups excluding carboxylic acids is 3. The molecule has 0 aromatic heterocycles. The van der Waals surface area contributed by atoms with E-state index in [2.05, 4.69) is 5.10 Å². The van der Waals surface area contributed by atoms with Crippen LogP contribution in [0.1, 0.15) is 6.92 Å². The number of carbonyl (C=O) groups is 3. The Kier molecular flexibility index (Phi) is 3.93. The maximum absolute atomic E-state index is 12.2. The zero-order valence-corrected chi connectivity index (χ0v) is 11.3. The molecule has 0 spiro atoms. The molecule has 0 fully saturated rings. The predicted octanol–water partition coefficient (Wildman–Crippen LogP) is -1.97. The fourth-order valence-electron chi connectivity index (χ4n) is 1.94. The molecule has 0 radical (unpaired) electrons. The number of nitrogens with zero attached hydrogens (tertiary/aromatic N) is 3. The lowest BCUT2D eigenvalue weighted by atomic mass is 9.91. The average Bonchev–Trinajstić information content (AvgIpc) is 2.32. The molecule has 19 heavy (non-hydrogen) atoms. The molecule has 0 aromatic rings. The van der Waals surface area contributed by atoms with Crippen LogP contribution in [0.25, 0.3) is 0 Å². The second-order valence-electron chi connectivity index (χ2n) is 4.43. The van der Waals surface area contributed by atoms with Crippen molar-refractivity contribution in [3.63, 3.8) is 0 Å². The minimum Gasteiger partial charge on any atom is -0.368 e. The summed E-state index contributed by atoms with van der Waals surface area (Å²) in [7, 11) is 4.42. The number of hydrazone groups is 1. The van der Waals surface area contributed by atoms with Gasteiger partial charge in [0.2, 0.25) is 5.91 Å². The van der Waals surface area contributed by atoms with Crippen LogP contribution in [0.4, 0.5) is 0 Å². The zero-order chi connectivity index (χ0) is 14.9. The maximum atomic E-state index is 12.2. The summed E-state index contributed by atoms with van der Waals surface area (Å²) in [5.74, 6) is 3.45. The topological polar surface area (TPSA) is 122 Å². The minimum atomic E-state index is -1.06. The fraction of sp³-hybridized carbons (Fsp3) is 0.455. The first-order valence-electron chi connectivity index (χ1n) is 5.51. The highest BCUT2D eigenvalue weighted by molar-refractivity contribution is 6.31. The highest BCUT2D eigenvalue weighted by atomic mass is 16.2. The molecule has 0 saturated carbocycles. The van der Waals surface area contributed by atoms with Gasteiger partial charge in [0.25, 0.3) is 11.8 Å². The lowest BCUT2D eigenvalue weighted by Gasteiger charge is -2.33. The number of nitrogens with two attached hydrogens (primary N) is 2. The van der Waals surface area contributed by atoms with Gasteiger partial charge in [-0.3, -0.25) is 14.4 Å². The normalized spacial score (nSPS) is 21.9. The van der Waals surface area contributed by atoms with Crippen LogP contribution in [0.5, 0.6) is 0 Å². The van der Waals surface area contributed by atoms with E-state index >= 15 is 0 Å². The SMILES string of the molecule is CC1=C(C(=O)N(C)C)C(=O)N(C)C(C(N)=O)C1=NN. The Balaban J connectivity index is 3.48. The van der Waals surface area contributed by atoms with Gasteiger partial charge in [-0.2, -0.15) is 5.10 Å². The molecular formula is C11H17N5O3. The molecule has 104 valence electrons. The molecule has 0 saturated heterocycles. The van der Waals surface area contributed by atoms with Crippen LogP contribution < -0.4 is 11.6 Å². The van der Waals surface area contributed by atoms with Crippen LogP contribution in [0.15, 0.2) is 16.2 Å². The van der Waals surface area contributed by atoms with Crippen molar-refractivity contribution >= 4 is 23.4 Å². The molecule has 0 bridgehead atoms. The largest absolute Gasteiger partial charge is 0.368 e. The van der Waals surface area contributed by atoms with Gasteiger partial charge in [0.1, 0.15) is 5.57 Å². The molecule has 8 nitrogen and oxygen atoms in total. The first-order chi connectivity index (χ1) is 8.73. The van der Waals surface area contributed by atoms with Crippen molar-refractivity contribution in [1.29, 1.82) is 0 Å². The molecule has 8 heteroatoms. The fourth-order valence-corrected chi connectivity index (χ4v) is 1.94. The van der Waals surface area contributed by atoms with Crippen LogP contribution in [0.2, 0.25) is 0 Å².